The number of nitrogens with zero attached hydrogens (tertiary/aromatic N) is 2. The van der Waals surface area contributed by atoms with Gasteiger partial charge in [0.2, 0.25) is 0 Å². The molecule has 110 valence electrons. The molecule has 2 aromatic carbocycles. The molecule has 3 rings (SSSR count). The van der Waals surface area contributed by atoms with Gasteiger partial charge in [0.1, 0.15) is 5.82 Å². The zero-order valence-electron chi connectivity index (χ0n) is 12.6. The lowest BCUT2D eigenvalue weighted by molar-refractivity contribution is 0.835. The molecule has 2 nitrogen and oxygen atoms in total. The largest absolute Gasteiger partial charge is 0.292 e. The molecular weight excluding hydrogens is 288 g/mol. The van der Waals surface area contributed by atoms with E-state index in [1.807, 2.05) is 36.4 Å². The van der Waals surface area contributed by atoms with E-state index in [0.717, 1.165) is 41.2 Å². The Hall–Kier alpha value is -2.26. The van der Waals surface area contributed by atoms with Crippen molar-refractivity contribution in [3.05, 3.63) is 66.5 Å². The molecule has 0 aliphatic rings. The molecule has 0 unspecified atom stereocenters. The van der Waals surface area contributed by atoms with Crippen molar-refractivity contribution in [3.63, 3.8) is 0 Å². The lowest BCUT2D eigenvalue weighted by Crippen LogP contribution is -2.02. The summed E-state index contributed by atoms with van der Waals surface area (Å²) in [6.07, 6.45) is 1.96. The Kier molecular flexibility index (Phi) is 4.45. The Bertz CT molecular complexity index is 761. The molecule has 0 atom stereocenters. The van der Waals surface area contributed by atoms with Gasteiger partial charge in [-0.05, 0) is 6.42 Å². The van der Waals surface area contributed by atoms with Crippen LogP contribution in [0, 0.1) is 0 Å². The molecule has 0 radical (unpaired) electrons. The minimum absolute atomic E-state index is 0.916. The second kappa shape index (κ2) is 6.67. The van der Waals surface area contributed by atoms with Gasteiger partial charge in [-0.1, -0.05) is 79.8 Å². The van der Waals surface area contributed by atoms with Gasteiger partial charge in [0, 0.05) is 17.5 Å². The number of rotatable bonds is 5. The molecule has 0 fully saturated rings. The third-order valence-corrected chi connectivity index (χ3v) is 3.87. The topological polar surface area (TPSA) is 17.8 Å². The number of aromatic nitrogens is 2. The van der Waals surface area contributed by atoms with Crippen LogP contribution in [0.2, 0.25) is 0 Å². The van der Waals surface area contributed by atoms with Gasteiger partial charge in [-0.2, -0.15) is 0 Å². The van der Waals surface area contributed by atoms with Crippen LogP contribution in [0.15, 0.2) is 60.7 Å². The van der Waals surface area contributed by atoms with Crippen LogP contribution in [0.1, 0.15) is 19.2 Å². The van der Waals surface area contributed by atoms with Gasteiger partial charge in [-0.15, -0.1) is 0 Å². The Balaban J connectivity index is 2.27. The highest BCUT2D eigenvalue weighted by atomic mass is 32.1. The summed E-state index contributed by atoms with van der Waals surface area (Å²) in [4.78, 5) is 4.88. The van der Waals surface area contributed by atoms with Gasteiger partial charge in [-0.3, -0.25) is 4.57 Å². The van der Waals surface area contributed by atoms with Crippen molar-refractivity contribution in [2.45, 2.75) is 19.8 Å². The highest BCUT2D eigenvalue weighted by molar-refractivity contribution is 7.78. The zero-order valence-corrected chi connectivity index (χ0v) is 13.4. The lowest BCUT2D eigenvalue weighted by atomic mass is 10.1. The fourth-order valence-corrected chi connectivity index (χ4v) is 2.89. The molecule has 0 saturated carbocycles. The minimum Gasteiger partial charge on any atom is -0.292 e. The molecule has 0 N–H and O–H groups in total. The Labute approximate surface area is 136 Å². The van der Waals surface area contributed by atoms with Gasteiger partial charge in [-0.25, -0.2) is 4.98 Å². The van der Waals surface area contributed by atoms with E-state index in [0.29, 0.717) is 0 Å². The molecule has 0 amide bonds. The second-order valence-corrected chi connectivity index (χ2v) is 5.39. The highest BCUT2D eigenvalue weighted by Gasteiger charge is 2.18. The molecule has 1 heterocycles. The Morgan fingerprint density at radius 2 is 1.55 bits per heavy atom. The van der Waals surface area contributed by atoms with Crippen molar-refractivity contribution >= 4 is 17.7 Å². The van der Waals surface area contributed by atoms with Crippen LogP contribution >= 0.6 is 12.2 Å². The molecule has 0 saturated heterocycles. The first kappa shape index (κ1) is 14.7. The summed E-state index contributed by atoms with van der Waals surface area (Å²) in [5.74, 6) is 1.02. The van der Waals surface area contributed by atoms with Crippen LogP contribution < -0.4 is 0 Å². The van der Waals surface area contributed by atoms with Gasteiger partial charge in [0.05, 0.1) is 16.9 Å². The quantitative estimate of drug-likeness (QED) is 0.619. The SMILES string of the molecule is CCCc1nc(-c2ccccc2)c(-c2ccccc2)n1C=S. The summed E-state index contributed by atoms with van der Waals surface area (Å²) >= 11 is 5.27. The number of imidazole rings is 1. The van der Waals surface area contributed by atoms with E-state index in [2.05, 4.69) is 35.8 Å². The normalized spacial score (nSPS) is 10.6. The average Bonchev–Trinajstić information content (AvgIpc) is 2.95. The van der Waals surface area contributed by atoms with Crippen LogP contribution in [-0.4, -0.2) is 15.0 Å². The first-order valence-corrected chi connectivity index (χ1v) is 7.99. The third-order valence-electron chi connectivity index (χ3n) is 3.66. The highest BCUT2D eigenvalue weighted by Crippen LogP contribution is 2.32. The average molecular weight is 306 g/mol. The van der Waals surface area contributed by atoms with Crippen molar-refractivity contribution in [1.82, 2.24) is 9.55 Å². The van der Waals surface area contributed by atoms with Crippen LogP contribution in [-0.2, 0) is 6.42 Å². The summed E-state index contributed by atoms with van der Waals surface area (Å²) in [7, 11) is 0. The summed E-state index contributed by atoms with van der Waals surface area (Å²) in [6, 6.07) is 20.6. The zero-order chi connectivity index (χ0) is 15.4. The van der Waals surface area contributed by atoms with Crippen LogP contribution in [0.5, 0.6) is 0 Å². The van der Waals surface area contributed by atoms with Crippen LogP contribution in [0.25, 0.3) is 22.5 Å². The molecule has 3 aromatic rings. The third kappa shape index (κ3) is 2.72. The Morgan fingerprint density at radius 3 is 2.09 bits per heavy atom. The van der Waals surface area contributed by atoms with E-state index in [4.69, 9.17) is 17.2 Å². The molecule has 3 heteroatoms. The summed E-state index contributed by atoms with van der Waals surface area (Å²) in [6.45, 7) is 2.16. The van der Waals surface area contributed by atoms with Crippen LogP contribution in [0.3, 0.4) is 0 Å². The molecule has 0 spiro atoms. The number of hydrogen-bond donors (Lipinski definition) is 0. The maximum atomic E-state index is 5.27. The molecule has 0 aliphatic carbocycles. The molecule has 0 bridgehead atoms. The summed E-state index contributed by atoms with van der Waals surface area (Å²) in [5, 5.41) is 0. The molecule has 0 aliphatic heterocycles. The van der Waals surface area contributed by atoms with Gasteiger partial charge in [0.15, 0.2) is 0 Å². The fraction of sp³-hybridized carbons (Fsp3) is 0.158. The predicted octanol–water partition coefficient (Wildman–Crippen LogP) is 4.97. The monoisotopic (exact) mass is 306 g/mol. The smallest absolute Gasteiger partial charge is 0.114 e. The van der Waals surface area contributed by atoms with Crippen molar-refractivity contribution < 1.29 is 0 Å². The minimum atomic E-state index is 0.916. The van der Waals surface area contributed by atoms with E-state index in [9.17, 15) is 0 Å². The van der Waals surface area contributed by atoms with E-state index >= 15 is 0 Å². The number of thiocarbonyl (C=S) groups is 1. The van der Waals surface area contributed by atoms with Gasteiger partial charge in [0.25, 0.3) is 0 Å². The maximum Gasteiger partial charge on any atom is 0.114 e. The van der Waals surface area contributed by atoms with E-state index < -0.39 is 0 Å². The number of hydrogen-bond acceptors (Lipinski definition) is 2. The van der Waals surface area contributed by atoms with Crippen molar-refractivity contribution in [2.75, 3.05) is 0 Å². The van der Waals surface area contributed by atoms with E-state index in [-0.39, 0.29) is 0 Å². The fourth-order valence-electron chi connectivity index (χ4n) is 2.66. The Morgan fingerprint density at radius 1 is 0.955 bits per heavy atom. The first-order valence-electron chi connectivity index (χ1n) is 7.52. The van der Waals surface area contributed by atoms with Crippen LogP contribution in [0.4, 0.5) is 0 Å². The lowest BCUT2D eigenvalue weighted by Gasteiger charge is -2.07. The van der Waals surface area contributed by atoms with E-state index in [1.165, 1.54) is 0 Å². The standard InChI is InChI=1S/C19H18N2S/c1-2-9-17-20-18(15-10-5-3-6-11-15)19(21(17)14-22)16-12-7-4-8-13-16/h3-8,10-14H,2,9H2,1H3. The maximum absolute atomic E-state index is 5.27. The number of aryl methyl sites for hydroxylation is 1. The second-order valence-electron chi connectivity index (χ2n) is 5.18. The van der Waals surface area contributed by atoms with Crippen molar-refractivity contribution in [2.24, 2.45) is 0 Å². The van der Waals surface area contributed by atoms with Gasteiger partial charge >= 0.3 is 0 Å². The van der Waals surface area contributed by atoms with Crippen molar-refractivity contribution in [3.8, 4) is 22.5 Å². The molecule has 22 heavy (non-hydrogen) atoms. The predicted molar refractivity (Wildman–Crippen MR) is 96.1 cm³/mol. The first-order chi connectivity index (χ1) is 10.8. The van der Waals surface area contributed by atoms with E-state index in [1.54, 1.807) is 5.49 Å². The summed E-state index contributed by atoms with van der Waals surface area (Å²) in [5.41, 5.74) is 6.03. The molecular formula is C19H18N2S. The van der Waals surface area contributed by atoms with Gasteiger partial charge < -0.3 is 0 Å². The number of benzene rings is 2. The summed E-state index contributed by atoms with van der Waals surface area (Å²) < 4.78 is 2.05. The van der Waals surface area contributed by atoms with Crippen molar-refractivity contribution in [1.29, 1.82) is 0 Å². The molecule has 1 aromatic heterocycles.